The fourth-order valence-corrected chi connectivity index (χ4v) is 2.27. The van der Waals surface area contributed by atoms with Gasteiger partial charge >= 0.3 is 0 Å². The Morgan fingerprint density at radius 3 is 2.65 bits per heavy atom. The first kappa shape index (κ1) is 15.2. The summed E-state index contributed by atoms with van der Waals surface area (Å²) in [5, 5.41) is 3.44. The highest BCUT2D eigenvalue weighted by Gasteiger charge is 2.20. The highest BCUT2D eigenvalue weighted by atomic mass is 16.5. The number of ether oxygens (including phenoxy) is 1. The fraction of sp³-hybridized carbons (Fsp3) is 0.733. The number of nitrogens with zero attached hydrogens (tertiary/aromatic N) is 3. The maximum Gasteiger partial charge on any atom is 0.147 e. The summed E-state index contributed by atoms with van der Waals surface area (Å²) in [4.78, 5) is 11.3. The lowest BCUT2D eigenvalue weighted by molar-refractivity contribution is 0.0853. The molecule has 1 aromatic heterocycles. The van der Waals surface area contributed by atoms with Crippen molar-refractivity contribution in [1.29, 1.82) is 0 Å². The maximum absolute atomic E-state index is 5.41. The quantitative estimate of drug-likeness (QED) is 0.912. The van der Waals surface area contributed by atoms with Gasteiger partial charge in [0.1, 0.15) is 5.82 Å². The van der Waals surface area contributed by atoms with Crippen LogP contribution in [0.3, 0.4) is 0 Å². The van der Waals surface area contributed by atoms with Gasteiger partial charge in [0.2, 0.25) is 0 Å². The molecule has 0 spiro atoms. The predicted octanol–water partition coefficient (Wildman–Crippen LogP) is 1.98. The molecule has 1 aromatic rings. The molecule has 1 fully saturated rings. The van der Waals surface area contributed by atoms with E-state index < -0.39 is 0 Å². The minimum Gasteiger partial charge on any atom is -0.381 e. The molecular formula is C15H26N4O. The zero-order chi connectivity index (χ0) is 14.6. The smallest absolute Gasteiger partial charge is 0.147 e. The van der Waals surface area contributed by atoms with Gasteiger partial charge in [0, 0.05) is 44.6 Å². The third-order valence-electron chi connectivity index (χ3n) is 3.57. The van der Waals surface area contributed by atoms with E-state index in [1.807, 2.05) is 12.4 Å². The van der Waals surface area contributed by atoms with Crippen LogP contribution in [0.2, 0.25) is 0 Å². The first-order valence-corrected chi connectivity index (χ1v) is 7.32. The van der Waals surface area contributed by atoms with E-state index in [1.165, 1.54) is 0 Å². The van der Waals surface area contributed by atoms with Gasteiger partial charge < -0.3 is 15.0 Å². The Kier molecular flexibility index (Phi) is 4.94. The molecule has 112 valence electrons. The van der Waals surface area contributed by atoms with E-state index >= 15 is 0 Å². The second kappa shape index (κ2) is 6.50. The normalized spacial score (nSPS) is 17.2. The fourth-order valence-electron chi connectivity index (χ4n) is 2.27. The molecule has 0 saturated carbocycles. The van der Waals surface area contributed by atoms with Crippen LogP contribution in [0.1, 0.15) is 39.3 Å². The van der Waals surface area contributed by atoms with Crippen molar-refractivity contribution < 1.29 is 4.74 Å². The molecule has 5 heteroatoms. The van der Waals surface area contributed by atoms with Crippen molar-refractivity contribution in [2.75, 3.05) is 25.2 Å². The van der Waals surface area contributed by atoms with Crippen molar-refractivity contribution in [3.05, 3.63) is 18.1 Å². The van der Waals surface area contributed by atoms with Crippen LogP contribution in [0.4, 0.5) is 5.82 Å². The second-order valence-corrected chi connectivity index (χ2v) is 6.43. The highest BCUT2D eigenvalue weighted by Crippen LogP contribution is 2.18. The Balaban J connectivity index is 2.01. The molecule has 20 heavy (non-hydrogen) atoms. The number of aromatic nitrogens is 2. The van der Waals surface area contributed by atoms with Crippen LogP contribution >= 0.6 is 0 Å². The van der Waals surface area contributed by atoms with Crippen LogP contribution in [0.25, 0.3) is 0 Å². The third kappa shape index (κ3) is 4.42. The molecule has 0 unspecified atom stereocenters. The zero-order valence-electron chi connectivity index (χ0n) is 13.0. The van der Waals surface area contributed by atoms with E-state index in [-0.39, 0.29) is 5.54 Å². The summed E-state index contributed by atoms with van der Waals surface area (Å²) >= 11 is 0. The molecule has 2 rings (SSSR count). The Labute approximate surface area is 121 Å². The van der Waals surface area contributed by atoms with E-state index in [9.17, 15) is 0 Å². The Morgan fingerprint density at radius 2 is 2.00 bits per heavy atom. The van der Waals surface area contributed by atoms with Gasteiger partial charge in [-0.15, -0.1) is 0 Å². The molecule has 0 aliphatic carbocycles. The van der Waals surface area contributed by atoms with Crippen LogP contribution in [0, 0.1) is 0 Å². The van der Waals surface area contributed by atoms with Crippen LogP contribution in [0.15, 0.2) is 12.4 Å². The van der Waals surface area contributed by atoms with E-state index in [0.717, 1.165) is 44.1 Å². The van der Waals surface area contributed by atoms with E-state index in [4.69, 9.17) is 9.72 Å². The van der Waals surface area contributed by atoms with Gasteiger partial charge in [-0.1, -0.05) is 0 Å². The van der Waals surface area contributed by atoms with Crippen LogP contribution < -0.4 is 10.2 Å². The molecule has 0 aromatic carbocycles. The number of hydrogen-bond acceptors (Lipinski definition) is 5. The lowest BCUT2D eigenvalue weighted by Crippen LogP contribution is -2.38. The topological polar surface area (TPSA) is 50.3 Å². The first-order valence-electron chi connectivity index (χ1n) is 7.32. The summed E-state index contributed by atoms with van der Waals surface area (Å²) in [6, 6.07) is 0.504. The summed E-state index contributed by atoms with van der Waals surface area (Å²) < 4.78 is 5.41. The monoisotopic (exact) mass is 278 g/mol. The van der Waals surface area contributed by atoms with Crippen LogP contribution in [0.5, 0.6) is 0 Å². The second-order valence-electron chi connectivity index (χ2n) is 6.43. The molecule has 0 atom stereocenters. The average Bonchev–Trinajstić information content (AvgIpc) is 2.45. The van der Waals surface area contributed by atoms with Crippen molar-refractivity contribution in [1.82, 2.24) is 15.3 Å². The van der Waals surface area contributed by atoms with E-state index in [2.05, 4.69) is 43.0 Å². The standard InChI is InChI=1S/C15H26N4O/c1-15(2,3)17-10-12-9-16-11-14(18-12)19(4)13-5-7-20-8-6-13/h9,11,13,17H,5-8,10H2,1-4H3. The third-order valence-corrected chi connectivity index (χ3v) is 3.57. The molecule has 0 bridgehead atoms. The largest absolute Gasteiger partial charge is 0.381 e. The van der Waals surface area contributed by atoms with Crippen molar-refractivity contribution in [3.63, 3.8) is 0 Å². The van der Waals surface area contributed by atoms with Gasteiger partial charge in [-0.05, 0) is 33.6 Å². The maximum atomic E-state index is 5.41. The van der Waals surface area contributed by atoms with Crippen molar-refractivity contribution in [3.8, 4) is 0 Å². The average molecular weight is 278 g/mol. The molecule has 1 aliphatic heterocycles. The first-order chi connectivity index (χ1) is 9.46. The zero-order valence-corrected chi connectivity index (χ0v) is 13.0. The lowest BCUT2D eigenvalue weighted by atomic mass is 10.1. The minimum atomic E-state index is 0.0876. The summed E-state index contributed by atoms with van der Waals surface area (Å²) in [5.74, 6) is 0.949. The van der Waals surface area contributed by atoms with Crippen LogP contribution in [-0.2, 0) is 11.3 Å². The molecule has 1 aliphatic rings. The van der Waals surface area contributed by atoms with Gasteiger partial charge in [0.25, 0.3) is 0 Å². The van der Waals surface area contributed by atoms with Gasteiger partial charge in [-0.25, -0.2) is 4.98 Å². The molecule has 0 amide bonds. The molecule has 0 radical (unpaired) electrons. The van der Waals surface area contributed by atoms with Crippen LogP contribution in [-0.4, -0.2) is 41.8 Å². The van der Waals surface area contributed by atoms with E-state index in [0.29, 0.717) is 6.04 Å². The molecular weight excluding hydrogens is 252 g/mol. The summed E-state index contributed by atoms with van der Waals surface area (Å²) in [7, 11) is 2.10. The number of rotatable bonds is 4. The van der Waals surface area contributed by atoms with Crippen molar-refractivity contribution in [2.45, 2.75) is 51.7 Å². The molecule has 1 saturated heterocycles. The number of nitrogens with one attached hydrogen (secondary N) is 1. The number of anilines is 1. The van der Waals surface area contributed by atoms with E-state index in [1.54, 1.807) is 0 Å². The predicted molar refractivity (Wildman–Crippen MR) is 80.9 cm³/mol. The minimum absolute atomic E-state index is 0.0876. The summed E-state index contributed by atoms with van der Waals surface area (Å²) in [5.41, 5.74) is 1.07. The van der Waals surface area contributed by atoms with Gasteiger partial charge in [0.15, 0.2) is 0 Å². The summed E-state index contributed by atoms with van der Waals surface area (Å²) in [6.45, 7) is 8.88. The van der Waals surface area contributed by atoms with Gasteiger partial charge in [0.05, 0.1) is 11.9 Å². The highest BCUT2D eigenvalue weighted by molar-refractivity contribution is 5.36. The molecule has 2 heterocycles. The summed E-state index contributed by atoms with van der Waals surface area (Å²) in [6.07, 6.45) is 5.79. The lowest BCUT2D eigenvalue weighted by Gasteiger charge is -2.32. The Morgan fingerprint density at radius 1 is 1.30 bits per heavy atom. The number of hydrogen-bond donors (Lipinski definition) is 1. The molecule has 1 N–H and O–H groups in total. The van der Waals surface area contributed by atoms with Crippen molar-refractivity contribution >= 4 is 5.82 Å². The Hall–Kier alpha value is -1.20. The van der Waals surface area contributed by atoms with Gasteiger partial charge in [-0.3, -0.25) is 4.98 Å². The SMILES string of the molecule is CN(c1cncc(CNC(C)(C)C)n1)C1CCOCC1. The Bertz CT molecular complexity index is 424. The van der Waals surface area contributed by atoms with Gasteiger partial charge in [-0.2, -0.15) is 0 Å². The van der Waals surface area contributed by atoms with Crippen molar-refractivity contribution in [2.24, 2.45) is 0 Å². The molecule has 5 nitrogen and oxygen atoms in total.